The van der Waals surface area contributed by atoms with Gasteiger partial charge in [-0.25, -0.2) is 12.7 Å². The van der Waals surface area contributed by atoms with Crippen molar-refractivity contribution >= 4 is 21.8 Å². The van der Waals surface area contributed by atoms with E-state index in [0.717, 1.165) is 0 Å². The molecule has 1 fully saturated rings. The highest BCUT2D eigenvalue weighted by Crippen LogP contribution is 2.18. The zero-order valence-electron chi connectivity index (χ0n) is 11.3. The number of piperidine rings is 1. The maximum absolute atomic E-state index is 11.8. The Morgan fingerprint density at radius 3 is 2.16 bits per heavy atom. The van der Waals surface area contributed by atoms with Crippen LogP contribution in [0.4, 0.5) is 0 Å². The lowest BCUT2D eigenvalue weighted by molar-refractivity contribution is -0.126. The van der Waals surface area contributed by atoms with Crippen LogP contribution in [-0.2, 0) is 19.6 Å². The summed E-state index contributed by atoms with van der Waals surface area (Å²) < 4.78 is 24.0. The van der Waals surface area contributed by atoms with Crippen LogP contribution in [0.1, 0.15) is 19.8 Å². The van der Waals surface area contributed by atoms with Crippen molar-refractivity contribution in [1.29, 1.82) is 0 Å². The molecule has 0 aliphatic carbocycles. The number of hydrogen-bond donors (Lipinski definition) is 2. The molecule has 1 rings (SSSR count). The largest absolute Gasteiger partial charge is 0.355 e. The molecule has 0 bridgehead atoms. The van der Waals surface area contributed by atoms with Crippen molar-refractivity contribution in [3.8, 4) is 0 Å². The number of sulfonamides is 1. The van der Waals surface area contributed by atoms with E-state index >= 15 is 0 Å². The summed E-state index contributed by atoms with van der Waals surface area (Å²) in [5, 5.41) is 5.33. The Bertz CT molecular complexity index is 427. The number of hydrogen-bond acceptors (Lipinski definition) is 4. The first-order valence-electron chi connectivity index (χ1n) is 6.28. The third-order valence-corrected chi connectivity index (χ3v) is 4.40. The number of nitrogens with one attached hydrogen (secondary N) is 2. The fraction of sp³-hybridized carbons (Fsp3) is 0.818. The third-order valence-electron chi connectivity index (χ3n) is 3.09. The number of nitrogens with zero attached hydrogens (tertiary/aromatic N) is 1. The molecule has 1 aliphatic rings. The van der Waals surface area contributed by atoms with Crippen molar-refractivity contribution in [2.24, 2.45) is 5.92 Å². The maximum atomic E-state index is 11.8. The Labute approximate surface area is 113 Å². The lowest BCUT2D eigenvalue weighted by Crippen LogP contribution is -2.43. The summed E-state index contributed by atoms with van der Waals surface area (Å²) >= 11 is 0. The van der Waals surface area contributed by atoms with E-state index < -0.39 is 10.0 Å². The molecule has 0 atom stereocenters. The van der Waals surface area contributed by atoms with Gasteiger partial charge in [0.15, 0.2) is 0 Å². The Balaban J connectivity index is 2.27. The molecule has 19 heavy (non-hydrogen) atoms. The fourth-order valence-electron chi connectivity index (χ4n) is 2.02. The average molecular weight is 291 g/mol. The van der Waals surface area contributed by atoms with Crippen molar-refractivity contribution in [3.63, 3.8) is 0 Å². The predicted molar refractivity (Wildman–Crippen MR) is 70.8 cm³/mol. The van der Waals surface area contributed by atoms with Gasteiger partial charge in [0, 0.05) is 39.0 Å². The second kappa shape index (κ2) is 6.85. The zero-order valence-corrected chi connectivity index (χ0v) is 12.1. The highest BCUT2D eigenvalue weighted by molar-refractivity contribution is 7.88. The van der Waals surface area contributed by atoms with Gasteiger partial charge in [0.1, 0.15) is 0 Å². The summed E-state index contributed by atoms with van der Waals surface area (Å²) in [6, 6.07) is 0. The minimum absolute atomic E-state index is 0.0708. The standard InChI is InChI=1S/C11H21N3O4S/c1-9(15)12-5-6-13-11(16)10-3-7-14(8-4-10)19(2,17)18/h10H,3-8H2,1-2H3,(H,12,15)(H,13,16). The third kappa shape index (κ3) is 5.56. The second-order valence-electron chi connectivity index (χ2n) is 4.71. The van der Waals surface area contributed by atoms with Crippen molar-refractivity contribution in [2.75, 3.05) is 32.4 Å². The molecule has 0 radical (unpaired) electrons. The van der Waals surface area contributed by atoms with Crippen LogP contribution in [0.2, 0.25) is 0 Å². The van der Waals surface area contributed by atoms with Gasteiger partial charge in [0.25, 0.3) is 0 Å². The van der Waals surface area contributed by atoms with Crippen LogP contribution in [0.3, 0.4) is 0 Å². The Hall–Kier alpha value is -1.15. The van der Waals surface area contributed by atoms with Gasteiger partial charge in [-0.15, -0.1) is 0 Å². The normalized spacial score (nSPS) is 18.0. The smallest absolute Gasteiger partial charge is 0.223 e. The van der Waals surface area contributed by atoms with E-state index in [0.29, 0.717) is 39.0 Å². The van der Waals surface area contributed by atoms with Crippen molar-refractivity contribution < 1.29 is 18.0 Å². The van der Waals surface area contributed by atoms with Gasteiger partial charge < -0.3 is 10.6 Å². The molecule has 110 valence electrons. The molecule has 1 heterocycles. The van der Waals surface area contributed by atoms with Gasteiger partial charge in [0.05, 0.1) is 6.26 Å². The van der Waals surface area contributed by atoms with E-state index in [2.05, 4.69) is 10.6 Å². The van der Waals surface area contributed by atoms with Crippen LogP contribution in [0.15, 0.2) is 0 Å². The quantitative estimate of drug-likeness (QED) is 0.629. The van der Waals surface area contributed by atoms with Crippen molar-refractivity contribution in [2.45, 2.75) is 19.8 Å². The molecule has 0 saturated carbocycles. The van der Waals surface area contributed by atoms with E-state index in [1.165, 1.54) is 17.5 Å². The summed E-state index contributed by atoms with van der Waals surface area (Å²) in [5.41, 5.74) is 0. The van der Waals surface area contributed by atoms with Gasteiger partial charge in [0.2, 0.25) is 21.8 Å². The van der Waals surface area contributed by atoms with Crippen LogP contribution in [0.5, 0.6) is 0 Å². The molecule has 2 N–H and O–H groups in total. The monoisotopic (exact) mass is 291 g/mol. The molecule has 1 aliphatic heterocycles. The maximum Gasteiger partial charge on any atom is 0.223 e. The first kappa shape index (κ1) is 15.9. The van der Waals surface area contributed by atoms with Crippen LogP contribution < -0.4 is 10.6 Å². The predicted octanol–water partition coefficient (Wildman–Crippen LogP) is -1.09. The van der Waals surface area contributed by atoms with Crippen LogP contribution in [0, 0.1) is 5.92 Å². The first-order valence-corrected chi connectivity index (χ1v) is 8.13. The molecule has 8 heteroatoms. The number of carbonyl (C=O) groups excluding carboxylic acids is 2. The summed E-state index contributed by atoms with van der Waals surface area (Å²) in [6.07, 6.45) is 2.26. The Morgan fingerprint density at radius 1 is 1.16 bits per heavy atom. The van der Waals surface area contributed by atoms with E-state index in [1.807, 2.05) is 0 Å². The van der Waals surface area contributed by atoms with Gasteiger partial charge in [-0.05, 0) is 12.8 Å². The molecule has 0 spiro atoms. The molecule has 0 aromatic carbocycles. The van der Waals surface area contributed by atoms with Crippen LogP contribution in [-0.4, -0.2) is 57.0 Å². The number of carbonyl (C=O) groups is 2. The average Bonchev–Trinajstić information content (AvgIpc) is 2.33. The molecule has 0 aromatic rings. The molecule has 0 aromatic heterocycles. The molecule has 2 amide bonds. The van der Waals surface area contributed by atoms with Gasteiger partial charge in [-0.3, -0.25) is 9.59 Å². The minimum Gasteiger partial charge on any atom is -0.355 e. The summed E-state index contributed by atoms with van der Waals surface area (Å²) in [5.74, 6) is -0.343. The molecule has 1 saturated heterocycles. The highest BCUT2D eigenvalue weighted by atomic mass is 32.2. The lowest BCUT2D eigenvalue weighted by atomic mass is 9.97. The Kier molecular flexibility index (Phi) is 5.74. The van der Waals surface area contributed by atoms with Gasteiger partial charge >= 0.3 is 0 Å². The van der Waals surface area contributed by atoms with Crippen molar-refractivity contribution in [3.05, 3.63) is 0 Å². The first-order chi connectivity index (χ1) is 8.80. The van der Waals surface area contributed by atoms with Gasteiger partial charge in [-0.1, -0.05) is 0 Å². The Morgan fingerprint density at radius 2 is 1.68 bits per heavy atom. The minimum atomic E-state index is -3.15. The van der Waals surface area contributed by atoms with E-state index in [-0.39, 0.29) is 17.7 Å². The van der Waals surface area contributed by atoms with Crippen molar-refractivity contribution in [1.82, 2.24) is 14.9 Å². The van der Waals surface area contributed by atoms with Gasteiger partial charge in [-0.2, -0.15) is 0 Å². The summed E-state index contributed by atoms with van der Waals surface area (Å²) in [6.45, 7) is 3.00. The zero-order chi connectivity index (χ0) is 14.5. The summed E-state index contributed by atoms with van der Waals surface area (Å²) in [4.78, 5) is 22.4. The SMILES string of the molecule is CC(=O)NCCNC(=O)C1CCN(S(C)(=O)=O)CC1. The molecular weight excluding hydrogens is 270 g/mol. The van der Waals surface area contributed by atoms with E-state index in [9.17, 15) is 18.0 Å². The molecular formula is C11H21N3O4S. The van der Waals surface area contributed by atoms with Crippen LogP contribution in [0.25, 0.3) is 0 Å². The summed E-state index contributed by atoms with van der Waals surface area (Å²) in [7, 11) is -3.15. The highest BCUT2D eigenvalue weighted by Gasteiger charge is 2.28. The van der Waals surface area contributed by atoms with Crippen LogP contribution >= 0.6 is 0 Å². The van der Waals surface area contributed by atoms with E-state index in [1.54, 1.807) is 0 Å². The second-order valence-corrected chi connectivity index (χ2v) is 6.69. The topological polar surface area (TPSA) is 95.6 Å². The number of amides is 2. The number of rotatable bonds is 5. The molecule has 7 nitrogen and oxygen atoms in total. The molecule has 0 unspecified atom stereocenters. The fourth-order valence-corrected chi connectivity index (χ4v) is 2.89. The van der Waals surface area contributed by atoms with E-state index in [4.69, 9.17) is 0 Å². The lowest BCUT2D eigenvalue weighted by Gasteiger charge is -2.29.